The van der Waals surface area contributed by atoms with Gasteiger partial charge in [0.25, 0.3) is 0 Å². The van der Waals surface area contributed by atoms with Gasteiger partial charge in [0, 0.05) is 17.5 Å². The van der Waals surface area contributed by atoms with Crippen LogP contribution in [-0.4, -0.2) is 17.7 Å². The average Bonchev–Trinajstić information content (AvgIpc) is 2.66. The molecule has 0 aliphatic heterocycles. The number of thiophene rings is 1. The normalized spacial score (nSPS) is 15.6. The van der Waals surface area contributed by atoms with Crippen molar-refractivity contribution in [3.05, 3.63) is 22.4 Å². The topological polar surface area (TPSA) is 32.3 Å². The average molecular weight is 199 g/mol. The first kappa shape index (κ1) is 10.7. The lowest BCUT2D eigenvalue weighted by atomic mass is 10.2. The number of rotatable bonds is 5. The molecule has 1 aromatic heterocycles. The van der Waals surface area contributed by atoms with Gasteiger partial charge in [-0.1, -0.05) is 13.0 Å². The van der Waals surface area contributed by atoms with Crippen molar-refractivity contribution in [2.45, 2.75) is 32.4 Å². The molecule has 0 radical (unpaired) electrons. The smallest absolute Gasteiger partial charge is 0.101 e. The minimum Gasteiger partial charge on any atom is -0.386 e. The Morgan fingerprint density at radius 1 is 1.62 bits per heavy atom. The molecule has 2 unspecified atom stereocenters. The van der Waals surface area contributed by atoms with Gasteiger partial charge in [-0.15, -0.1) is 11.3 Å². The van der Waals surface area contributed by atoms with Crippen LogP contribution >= 0.6 is 11.3 Å². The van der Waals surface area contributed by atoms with Crippen molar-refractivity contribution in [1.82, 2.24) is 5.32 Å². The second kappa shape index (κ2) is 5.37. The van der Waals surface area contributed by atoms with Gasteiger partial charge in [-0.25, -0.2) is 0 Å². The molecule has 0 bridgehead atoms. The molecule has 2 N–H and O–H groups in total. The molecule has 0 aliphatic rings. The molecule has 1 rings (SSSR count). The first-order valence-corrected chi connectivity index (χ1v) is 5.56. The van der Waals surface area contributed by atoms with Gasteiger partial charge in [0.15, 0.2) is 0 Å². The highest BCUT2D eigenvalue weighted by Gasteiger charge is 2.08. The van der Waals surface area contributed by atoms with Crippen molar-refractivity contribution in [3.8, 4) is 0 Å². The summed E-state index contributed by atoms with van der Waals surface area (Å²) < 4.78 is 0. The molecule has 0 aliphatic carbocycles. The molecule has 0 saturated carbocycles. The molecule has 0 amide bonds. The third-order valence-corrected chi connectivity index (χ3v) is 3.12. The Hall–Kier alpha value is -0.380. The van der Waals surface area contributed by atoms with E-state index in [4.69, 9.17) is 0 Å². The maximum atomic E-state index is 9.70. The summed E-state index contributed by atoms with van der Waals surface area (Å²) in [5.74, 6) is 0. The highest BCUT2D eigenvalue weighted by Crippen LogP contribution is 2.17. The molecule has 0 spiro atoms. The van der Waals surface area contributed by atoms with Crippen LogP contribution in [0.1, 0.15) is 31.2 Å². The summed E-state index contributed by atoms with van der Waals surface area (Å²) >= 11 is 1.60. The predicted molar refractivity (Wildman–Crippen MR) is 57.0 cm³/mol. The molecule has 74 valence electrons. The van der Waals surface area contributed by atoms with E-state index in [1.54, 1.807) is 11.3 Å². The van der Waals surface area contributed by atoms with Crippen molar-refractivity contribution in [2.75, 3.05) is 6.54 Å². The van der Waals surface area contributed by atoms with Crippen LogP contribution in [0.4, 0.5) is 0 Å². The quantitative estimate of drug-likeness (QED) is 0.761. The third kappa shape index (κ3) is 3.46. The lowest BCUT2D eigenvalue weighted by Gasteiger charge is -2.14. The van der Waals surface area contributed by atoms with E-state index >= 15 is 0 Å². The van der Waals surface area contributed by atoms with Crippen LogP contribution in [0.3, 0.4) is 0 Å². The lowest BCUT2D eigenvalue weighted by molar-refractivity contribution is 0.174. The number of hydrogen-bond donors (Lipinski definition) is 2. The fourth-order valence-corrected chi connectivity index (χ4v) is 1.75. The molecule has 13 heavy (non-hydrogen) atoms. The summed E-state index contributed by atoms with van der Waals surface area (Å²) in [5.41, 5.74) is 0. The van der Waals surface area contributed by atoms with Crippen LogP contribution < -0.4 is 5.32 Å². The van der Waals surface area contributed by atoms with Crippen LogP contribution in [0.2, 0.25) is 0 Å². The zero-order valence-electron chi connectivity index (χ0n) is 8.16. The lowest BCUT2D eigenvalue weighted by Crippen LogP contribution is -2.29. The van der Waals surface area contributed by atoms with Crippen molar-refractivity contribution >= 4 is 11.3 Å². The number of aliphatic hydroxyl groups is 1. The van der Waals surface area contributed by atoms with E-state index in [0.717, 1.165) is 11.3 Å². The molecule has 0 saturated heterocycles. The molecule has 2 atom stereocenters. The Balaban J connectivity index is 2.30. The Morgan fingerprint density at radius 3 is 2.92 bits per heavy atom. The standard InChI is InChI=1S/C10H17NOS/c1-3-8(2)11-7-9(12)10-5-4-6-13-10/h4-6,8-9,11-12H,3,7H2,1-2H3. The maximum absolute atomic E-state index is 9.70. The predicted octanol–water partition coefficient (Wildman–Crippen LogP) is 2.17. The van der Waals surface area contributed by atoms with Crippen LogP contribution in [0.25, 0.3) is 0 Å². The van der Waals surface area contributed by atoms with Crippen molar-refractivity contribution in [3.63, 3.8) is 0 Å². The summed E-state index contributed by atoms with van der Waals surface area (Å²) in [6.45, 7) is 4.91. The minimum atomic E-state index is -0.353. The second-order valence-electron chi connectivity index (χ2n) is 3.25. The number of nitrogens with one attached hydrogen (secondary N) is 1. The maximum Gasteiger partial charge on any atom is 0.101 e. The summed E-state index contributed by atoms with van der Waals surface area (Å²) in [6.07, 6.45) is 0.742. The Labute approximate surface area is 83.6 Å². The molecule has 1 aromatic rings. The van der Waals surface area contributed by atoms with Crippen LogP contribution in [-0.2, 0) is 0 Å². The van der Waals surface area contributed by atoms with E-state index in [9.17, 15) is 5.11 Å². The van der Waals surface area contributed by atoms with E-state index in [1.807, 2.05) is 17.5 Å². The molecular weight excluding hydrogens is 182 g/mol. The van der Waals surface area contributed by atoms with Gasteiger partial charge in [-0.2, -0.15) is 0 Å². The van der Waals surface area contributed by atoms with Gasteiger partial charge >= 0.3 is 0 Å². The second-order valence-corrected chi connectivity index (χ2v) is 4.23. The molecule has 1 heterocycles. The van der Waals surface area contributed by atoms with Gasteiger partial charge in [-0.05, 0) is 24.8 Å². The SMILES string of the molecule is CCC(C)NCC(O)c1cccs1. The van der Waals surface area contributed by atoms with Crippen LogP contribution in [0, 0.1) is 0 Å². The van der Waals surface area contributed by atoms with Crippen LogP contribution in [0.5, 0.6) is 0 Å². The van der Waals surface area contributed by atoms with E-state index in [-0.39, 0.29) is 6.10 Å². The van der Waals surface area contributed by atoms with Crippen molar-refractivity contribution in [1.29, 1.82) is 0 Å². The first-order valence-electron chi connectivity index (χ1n) is 4.69. The van der Waals surface area contributed by atoms with Crippen LogP contribution in [0.15, 0.2) is 17.5 Å². The fraction of sp³-hybridized carbons (Fsp3) is 0.600. The third-order valence-electron chi connectivity index (χ3n) is 2.14. The molecule has 0 aromatic carbocycles. The van der Waals surface area contributed by atoms with Gasteiger partial charge in [0.1, 0.15) is 6.10 Å². The Morgan fingerprint density at radius 2 is 2.38 bits per heavy atom. The first-order chi connectivity index (χ1) is 6.24. The highest BCUT2D eigenvalue weighted by atomic mass is 32.1. The van der Waals surface area contributed by atoms with Crippen molar-refractivity contribution in [2.24, 2.45) is 0 Å². The summed E-state index contributed by atoms with van der Waals surface area (Å²) in [7, 11) is 0. The summed E-state index contributed by atoms with van der Waals surface area (Å²) in [5, 5.41) is 15.0. The van der Waals surface area contributed by atoms with Gasteiger partial charge in [-0.3, -0.25) is 0 Å². The zero-order valence-corrected chi connectivity index (χ0v) is 8.97. The van der Waals surface area contributed by atoms with Gasteiger partial charge < -0.3 is 10.4 Å². The van der Waals surface area contributed by atoms with E-state index in [1.165, 1.54) is 0 Å². The Kier molecular flexibility index (Phi) is 4.42. The molecule has 3 heteroatoms. The fourth-order valence-electron chi connectivity index (χ4n) is 1.04. The minimum absolute atomic E-state index is 0.353. The largest absolute Gasteiger partial charge is 0.386 e. The molecule has 0 fully saturated rings. The zero-order chi connectivity index (χ0) is 9.68. The van der Waals surface area contributed by atoms with Gasteiger partial charge in [0.05, 0.1) is 0 Å². The molecule has 2 nitrogen and oxygen atoms in total. The molecular formula is C10H17NOS. The van der Waals surface area contributed by atoms with E-state index in [2.05, 4.69) is 19.2 Å². The van der Waals surface area contributed by atoms with E-state index in [0.29, 0.717) is 12.6 Å². The Bertz CT molecular complexity index is 223. The number of hydrogen-bond acceptors (Lipinski definition) is 3. The number of aliphatic hydroxyl groups excluding tert-OH is 1. The van der Waals surface area contributed by atoms with E-state index < -0.39 is 0 Å². The summed E-state index contributed by atoms with van der Waals surface area (Å²) in [4.78, 5) is 1.04. The highest BCUT2D eigenvalue weighted by molar-refractivity contribution is 7.10. The summed E-state index contributed by atoms with van der Waals surface area (Å²) in [6, 6.07) is 4.41. The monoisotopic (exact) mass is 199 g/mol. The van der Waals surface area contributed by atoms with Crippen molar-refractivity contribution < 1.29 is 5.11 Å². The van der Waals surface area contributed by atoms with Gasteiger partial charge in [0.2, 0.25) is 0 Å².